The van der Waals surface area contributed by atoms with Crippen LogP contribution in [0.2, 0.25) is 0 Å². The second-order valence-electron chi connectivity index (χ2n) is 7.11. The normalized spacial score (nSPS) is 11.5. The monoisotopic (exact) mass is 496 g/mol. The number of thiophene rings is 1. The standard InChI is InChI=1S/C23H14BrFN2O3S/c1-12-20(13-2-5-16(25)6-3-13)21-22(31-12)26-11-27(23(21)29)10-17(28)19-9-14-8-15(24)4-7-18(14)30-19/h2-9,11H,10H2,1H3. The molecule has 0 aliphatic heterocycles. The molecule has 0 unspecified atom stereocenters. The quantitative estimate of drug-likeness (QED) is 0.287. The van der Waals surface area contributed by atoms with Crippen LogP contribution in [-0.4, -0.2) is 15.3 Å². The topological polar surface area (TPSA) is 65.1 Å². The highest BCUT2D eigenvalue weighted by molar-refractivity contribution is 9.10. The summed E-state index contributed by atoms with van der Waals surface area (Å²) in [6.45, 7) is 1.70. The molecule has 5 nitrogen and oxygen atoms in total. The summed E-state index contributed by atoms with van der Waals surface area (Å²) in [7, 11) is 0. The predicted octanol–water partition coefficient (Wildman–Crippen LogP) is 5.96. The number of hydrogen-bond acceptors (Lipinski definition) is 5. The third kappa shape index (κ3) is 3.51. The lowest BCUT2D eigenvalue weighted by Crippen LogP contribution is -2.24. The minimum Gasteiger partial charge on any atom is -0.453 e. The van der Waals surface area contributed by atoms with Crippen molar-refractivity contribution in [1.82, 2.24) is 9.55 Å². The van der Waals surface area contributed by atoms with Crippen molar-refractivity contribution >= 4 is 54.2 Å². The van der Waals surface area contributed by atoms with E-state index in [-0.39, 0.29) is 29.5 Å². The minimum absolute atomic E-state index is 0.181. The average molecular weight is 497 g/mol. The van der Waals surface area contributed by atoms with Crippen LogP contribution in [0.4, 0.5) is 4.39 Å². The van der Waals surface area contributed by atoms with Crippen molar-refractivity contribution in [2.45, 2.75) is 13.5 Å². The first-order chi connectivity index (χ1) is 14.9. The van der Waals surface area contributed by atoms with Gasteiger partial charge in [-0.3, -0.25) is 14.2 Å². The van der Waals surface area contributed by atoms with Gasteiger partial charge in [-0.2, -0.15) is 0 Å². The van der Waals surface area contributed by atoms with Crippen molar-refractivity contribution in [2.24, 2.45) is 0 Å². The molecule has 0 aliphatic rings. The summed E-state index contributed by atoms with van der Waals surface area (Å²) in [5.41, 5.74) is 1.73. The number of aromatic nitrogens is 2. The lowest BCUT2D eigenvalue weighted by atomic mass is 10.0. The Labute approximate surface area is 187 Å². The summed E-state index contributed by atoms with van der Waals surface area (Å²) < 4.78 is 21.2. The highest BCUT2D eigenvalue weighted by Crippen LogP contribution is 2.35. The fourth-order valence-corrected chi connectivity index (χ4v) is 4.98. The summed E-state index contributed by atoms with van der Waals surface area (Å²) in [6, 6.07) is 13.1. The van der Waals surface area contributed by atoms with Crippen LogP contribution in [0.5, 0.6) is 0 Å². The van der Waals surface area contributed by atoms with Gasteiger partial charge in [-0.05, 0) is 48.9 Å². The smallest absolute Gasteiger partial charge is 0.263 e. The number of furan rings is 1. The Bertz CT molecular complexity index is 1530. The largest absolute Gasteiger partial charge is 0.453 e. The van der Waals surface area contributed by atoms with Gasteiger partial charge in [0.05, 0.1) is 18.3 Å². The molecule has 3 heterocycles. The van der Waals surface area contributed by atoms with Crippen molar-refractivity contribution in [3.05, 3.63) is 86.1 Å². The van der Waals surface area contributed by atoms with Crippen LogP contribution in [0.3, 0.4) is 0 Å². The molecule has 2 aromatic carbocycles. The lowest BCUT2D eigenvalue weighted by Gasteiger charge is -2.05. The molecule has 0 atom stereocenters. The van der Waals surface area contributed by atoms with E-state index in [4.69, 9.17) is 4.42 Å². The molecule has 0 N–H and O–H groups in total. The van der Waals surface area contributed by atoms with E-state index in [1.165, 1.54) is 34.4 Å². The second kappa shape index (κ2) is 7.55. The molecule has 0 saturated carbocycles. The van der Waals surface area contributed by atoms with Crippen LogP contribution in [-0.2, 0) is 6.54 Å². The molecule has 8 heteroatoms. The first-order valence-corrected chi connectivity index (χ1v) is 11.0. The Morgan fingerprint density at radius 2 is 1.97 bits per heavy atom. The van der Waals surface area contributed by atoms with Crippen molar-refractivity contribution in [3.63, 3.8) is 0 Å². The van der Waals surface area contributed by atoms with E-state index in [9.17, 15) is 14.0 Å². The summed E-state index contributed by atoms with van der Waals surface area (Å²) in [5.74, 6) is -0.494. The first kappa shape index (κ1) is 19.8. The Kier molecular flexibility index (Phi) is 4.83. The zero-order valence-electron chi connectivity index (χ0n) is 16.2. The molecule has 0 radical (unpaired) electrons. The minimum atomic E-state index is -0.347. The average Bonchev–Trinajstić information content (AvgIpc) is 3.31. The highest BCUT2D eigenvalue weighted by atomic mass is 79.9. The van der Waals surface area contributed by atoms with Gasteiger partial charge in [-0.15, -0.1) is 11.3 Å². The Morgan fingerprint density at radius 1 is 1.19 bits per heavy atom. The molecule has 0 saturated heterocycles. The van der Waals surface area contributed by atoms with Gasteiger partial charge in [-0.1, -0.05) is 28.1 Å². The molecule has 0 fully saturated rings. The van der Waals surface area contributed by atoms with E-state index in [0.29, 0.717) is 21.4 Å². The van der Waals surface area contributed by atoms with Gasteiger partial charge in [0.15, 0.2) is 5.76 Å². The van der Waals surface area contributed by atoms with Crippen LogP contribution in [0.15, 0.2) is 68.5 Å². The van der Waals surface area contributed by atoms with Gasteiger partial charge < -0.3 is 4.42 Å². The van der Waals surface area contributed by atoms with Crippen molar-refractivity contribution in [2.75, 3.05) is 0 Å². The number of carbonyl (C=O) groups excluding carboxylic acids is 1. The molecule has 31 heavy (non-hydrogen) atoms. The number of fused-ring (bicyclic) bond motifs is 2. The van der Waals surface area contributed by atoms with Crippen LogP contribution < -0.4 is 5.56 Å². The van der Waals surface area contributed by atoms with Gasteiger partial charge in [0.1, 0.15) is 16.2 Å². The number of aryl methyl sites for hydroxylation is 1. The Morgan fingerprint density at radius 3 is 2.74 bits per heavy atom. The first-order valence-electron chi connectivity index (χ1n) is 9.37. The molecular formula is C23H14BrFN2O3S. The molecule has 0 aliphatic carbocycles. The Balaban J connectivity index is 1.56. The molecule has 0 bridgehead atoms. The van der Waals surface area contributed by atoms with Crippen molar-refractivity contribution in [1.29, 1.82) is 0 Å². The maximum absolute atomic E-state index is 13.4. The van der Waals surface area contributed by atoms with Crippen LogP contribution in [0.1, 0.15) is 15.4 Å². The summed E-state index contributed by atoms with van der Waals surface area (Å²) in [5, 5.41) is 1.23. The highest BCUT2D eigenvalue weighted by Gasteiger charge is 2.19. The van der Waals surface area contributed by atoms with E-state index < -0.39 is 0 Å². The number of ketones is 1. The molecule has 154 valence electrons. The molecular weight excluding hydrogens is 483 g/mol. The van der Waals surface area contributed by atoms with Crippen molar-refractivity contribution in [3.8, 4) is 11.1 Å². The van der Waals surface area contributed by atoms with Gasteiger partial charge in [0.2, 0.25) is 5.78 Å². The molecule has 0 amide bonds. The number of halogens is 2. The Hall–Kier alpha value is -3.10. The third-order valence-electron chi connectivity index (χ3n) is 5.05. The zero-order chi connectivity index (χ0) is 21.7. The number of benzene rings is 2. The van der Waals surface area contributed by atoms with Crippen molar-refractivity contribution < 1.29 is 13.6 Å². The van der Waals surface area contributed by atoms with E-state index in [2.05, 4.69) is 20.9 Å². The number of rotatable bonds is 4. The maximum atomic E-state index is 13.4. The molecule has 0 spiro atoms. The maximum Gasteiger partial charge on any atom is 0.263 e. The van der Waals surface area contributed by atoms with E-state index in [0.717, 1.165) is 20.3 Å². The lowest BCUT2D eigenvalue weighted by molar-refractivity contribution is 0.0945. The van der Waals surface area contributed by atoms with Crippen LogP contribution in [0.25, 0.3) is 32.3 Å². The summed E-state index contributed by atoms with van der Waals surface area (Å²) in [6.07, 6.45) is 1.38. The van der Waals surface area contributed by atoms with E-state index in [1.807, 2.05) is 19.1 Å². The molecule has 3 aromatic heterocycles. The fraction of sp³-hybridized carbons (Fsp3) is 0.0870. The van der Waals surface area contributed by atoms with Gasteiger partial charge in [0.25, 0.3) is 5.56 Å². The molecule has 5 rings (SSSR count). The zero-order valence-corrected chi connectivity index (χ0v) is 18.6. The summed E-state index contributed by atoms with van der Waals surface area (Å²) >= 11 is 4.79. The summed E-state index contributed by atoms with van der Waals surface area (Å²) in [4.78, 5) is 31.9. The fourth-order valence-electron chi connectivity index (χ4n) is 3.60. The molecule has 5 aromatic rings. The van der Waals surface area contributed by atoms with Gasteiger partial charge >= 0.3 is 0 Å². The number of Topliss-reactive ketones (excluding diaryl/α,β-unsaturated/α-hetero) is 1. The predicted molar refractivity (Wildman–Crippen MR) is 122 cm³/mol. The third-order valence-corrected chi connectivity index (χ3v) is 6.56. The van der Waals surface area contributed by atoms with E-state index >= 15 is 0 Å². The van der Waals surface area contributed by atoms with Crippen LogP contribution in [0, 0.1) is 12.7 Å². The number of carbonyl (C=O) groups is 1. The van der Waals surface area contributed by atoms with Crippen LogP contribution >= 0.6 is 27.3 Å². The van der Waals surface area contributed by atoms with Gasteiger partial charge in [0, 0.05) is 20.3 Å². The SMILES string of the molecule is Cc1sc2ncn(CC(=O)c3cc4cc(Br)ccc4o3)c(=O)c2c1-c1ccc(F)cc1. The number of hydrogen-bond donors (Lipinski definition) is 0. The van der Waals surface area contributed by atoms with Gasteiger partial charge in [-0.25, -0.2) is 9.37 Å². The second-order valence-corrected chi connectivity index (χ2v) is 9.23. The van der Waals surface area contributed by atoms with E-state index in [1.54, 1.807) is 24.3 Å². The number of nitrogens with zero attached hydrogens (tertiary/aromatic N) is 2.